The molecule has 4 rings (SSSR count). The summed E-state index contributed by atoms with van der Waals surface area (Å²) in [6.45, 7) is 2.75. The molecule has 0 bridgehead atoms. The van der Waals surface area contributed by atoms with Gasteiger partial charge in [-0.2, -0.15) is 5.10 Å². The summed E-state index contributed by atoms with van der Waals surface area (Å²) < 4.78 is 1.86. The van der Waals surface area contributed by atoms with Crippen LogP contribution in [0.1, 0.15) is 38.7 Å². The van der Waals surface area contributed by atoms with Crippen LogP contribution in [0, 0.1) is 6.92 Å². The molecule has 4 aromatic rings. The van der Waals surface area contributed by atoms with Crippen LogP contribution in [-0.4, -0.2) is 15.7 Å². The number of nitrogens with one attached hydrogen (secondary N) is 1. The fourth-order valence-electron chi connectivity index (χ4n) is 3.32. The van der Waals surface area contributed by atoms with Crippen molar-refractivity contribution in [2.45, 2.75) is 19.5 Å². The SMILES string of the molecule is Cc1ccc(C(NC(=O)c2ccc(Cn3cccn3)cc2)c2ccccc2)cc1. The number of nitrogens with zero attached hydrogens (tertiary/aromatic N) is 2. The average Bonchev–Trinajstić information content (AvgIpc) is 3.27. The number of hydrogen-bond donors (Lipinski definition) is 1. The predicted molar refractivity (Wildman–Crippen MR) is 115 cm³/mol. The number of rotatable bonds is 6. The van der Waals surface area contributed by atoms with E-state index >= 15 is 0 Å². The van der Waals surface area contributed by atoms with Gasteiger partial charge in [0.05, 0.1) is 12.6 Å². The molecule has 0 aliphatic carbocycles. The summed E-state index contributed by atoms with van der Waals surface area (Å²) in [4.78, 5) is 13.0. The normalized spacial score (nSPS) is 11.8. The highest BCUT2D eigenvalue weighted by atomic mass is 16.1. The molecule has 1 N–H and O–H groups in total. The van der Waals surface area contributed by atoms with E-state index in [4.69, 9.17) is 0 Å². The van der Waals surface area contributed by atoms with Crippen molar-refractivity contribution in [1.29, 1.82) is 0 Å². The molecule has 0 radical (unpaired) electrons. The topological polar surface area (TPSA) is 46.9 Å². The molecule has 0 spiro atoms. The number of hydrogen-bond acceptors (Lipinski definition) is 2. The fraction of sp³-hybridized carbons (Fsp3) is 0.120. The van der Waals surface area contributed by atoms with E-state index in [9.17, 15) is 4.79 Å². The lowest BCUT2D eigenvalue weighted by atomic mass is 9.97. The van der Waals surface area contributed by atoms with Gasteiger partial charge in [0, 0.05) is 18.0 Å². The smallest absolute Gasteiger partial charge is 0.252 e. The van der Waals surface area contributed by atoms with Gasteiger partial charge in [-0.1, -0.05) is 72.3 Å². The van der Waals surface area contributed by atoms with Gasteiger partial charge in [-0.15, -0.1) is 0 Å². The van der Waals surface area contributed by atoms with Gasteiger partial charge < -0.3 is 5.32 Å². The van der Waals surface area contributed by atoms with Crippen LogP contribution >= 0.6 is 0 Å². The van der Waals surface area contributed by atoms with Crippen LogP contribution < -0.4 is 5.32 Å². The molecule has 0 fully saturated rings. The Kier molecular flexibility index (Phi) is 5.52. The van der Waals surface area contributed by atoms with Crippen LogP contribution in [0.15, 0.2) is 97.3 Å². The number of aryl methyl sites for hydroxylation is 1. The van der Waals surface area contributed by atoms with Gasteiger partial charge in [0.1, 0.15) is 0 Å². The van der Waals surface area contributed by atoms with Crippen LogP contribution in [0.5, 0.6) is 0 Å². The Morgan fingerprint density at radius 1 is 0.897 bits per heavy atom. The molecule has 144 valence electrons. The third-order valence-electron chi connectivity index (χ3n) is 4.94. The zero-order valence-corrected chi connectivity index (χ0v) is 16.3. The first-order chi connectivity index (χ1) is 14.2. The monoisotopic (exact) mass is 381 g/mol. The Labute approximate surface area is 170 Å². The number of carbonyl (C=O) groups is 1. The van der Waals surface area contributed by atoms with E-state index in [-0.39, 0.29) is 11.9 Å². The van der Waals surface area contributed by atoms with Crippen molar-refractivity contribution in [2.24, 2.45) is 0 Å². The van der Waals surface area contributed by atoms with Gasteiger partial charge in [0.2, 0.25) is 0 Å². The van der Waals surface area contributed by atoms with Crippen LogP contribution in [0.3, 0.4) is 0 Å². The minimum Gasteiger partial charge on any atom is -0.341 e. The van der Waals surface area contributed by atoms with E-state index in [1.807, 2.05) is 71.5 Å². The van der Waals surface area contributed by atoms with E-state index in [2.05, 4.69) is 41.6 Å². The van der Waals surface area contributed by atoms with Crippen LogP contribution in [-0.2, 0) is 6.54 Å². The number of carbonyl (C=O) groups excluding carboxylic acids is 1. The van der Waals surface area contributed by atoms with Crippen molar-refractivity contribution in [3.8, 4) is 0 Å². The van der Waals surface area contributed by atoms with Crippen LogP contribution in [0.25, 0.3) is 0 Å². The van der Waals surface area contributed by atoms with Crippen molar-refractivity contribution in [3.05, 3.63) is 125 Å². The standard InChI is InChI=1S/C25H23N3O/c1-19-8-12-22(13-9-19)24(21-6-3-2-4-7-21)27-25(29)23-14-10-20(11-15-23)18-28-17-5-16-26-28/h2-17,24H,18H2,1H3,(H,27,29). The minimum atomic E-state index is -0.201. The van der Waals surface area contributed by atoms with E-state index in [1.54, 1.807) is 6.20 Å². The summed E-state index contributed by atoms with van der Waals surface area (Å²) in [7, 11) is 0. The first kappa shape index (κ1) is 18.7. The third kappa shape index (κ3) is 4.61. The van der Waals surface area contributed by atoms with Crippen molar-refractivity contribution in [3.63, 3.8) is 0 Å². The second-order valence-electron chi connectivity index (χ2n) is 7.13. The molecule has 29 heavy (non-hydrogen) atoms. The number of aromatic nitrogens is 2. The van der Waals surface area contributed by atoms with E-state index in [0.29, 0.717) is 12.1 Å². The molecular weight excluding hydrogens is 358 g/mol. The van der Waals surface area contributed by atoms with E-state index in [0.717, 1.165) is 16.7 Å². The third-order valence-corrected chi connectivity index (χ3v) is 4.94. The Bertz CT molecular complexity index is 1050. The summed E-state index contributed by atoms with van der Waals surface area (Å²) >= 11 is 0. The highest BCUT2D eigenvalue weighted by Crippen LogP contribution is 2.23. The Morgan fingerprint density at radius 3 is 2.24 bits per heavy atom. The molecular formula is C25H23N3O. The predicted octanol–water partition coefficient (Wildman–Crippen LogP) is 4.76. The average molecular weight is 381 g/mol. The zero-order valence-electron chi connectivity index (χ0n) is 16.3. The largest absolute Gasteiger partial charge is 0.341 e. The molecule has 0 saturated heterocycles. The van der Waals surface area contributed by atoms with Crippen molar-refractivity contribution in [1.82, 2.24) is 15.1 Å². The molecule has 1 unspecified atom stereocenters. The number of benzene rings is 3. The van der Waals surface area contributed by atoms with E-state index < -0.39 is 0 Å². The van der Waals surface area contributed by atoms with Gasteiger partial charge in [0.25, 0.3) is 5.91 Å². The molecule has 1 atom stereocenters. The first-order valence-electron chi connectivity index (χ1n) is 9.68. The lowest BCUT2D eigenvalue weighted by Crippen LogP contribution is -2.29. The maximum Gasteiger partial charge on any atom is 0.252 e. The molecule has 1 amide bonds. The molecule has 1 heterocycles. The van der Waals surface area contributed by atoms with Gasteiger partial charge in [-0.05, 0) is 41.8 Å². The second kappa shape index (κ2) is 8.57. The quantitative estimate of drug-likeness (QED) is 0.523. The lowest BCUT2D eigenvalue weighted by molar-refractivity contribution is 0.0943. The maximum absolute atomic E-state index is 13.0. The van der Waals surface area contributed by atoms with Gasteiger partial charge >= 0.3 is 0 Å². The summed E-state index contributed by atoms with van der Waals surface area (Å²) in [5.41, 5.74) is 5.05. The van der Waals surface area contributed by atoms with Gasteiger partial charge in [0.15, 0.2) is 0 Å². The maximum atomic E-state index is 13.0. The molecule has 1 aromatic heterocycles. The van der Waals surface area contributed by atoms with Crippen LogP contribution in [0.4, 0.5) is 0 Å². The lowest BCUT2D eigenvalue weighted by Gasteiger charge is -2.20. The van der Waals surface area contributed by atoms with Crippen molar-refractivity contribution in [2.75, 3.05) is 0 Å². The number of amides is 1. The molecule has 4 nitrogen and oxygen atoms in total. The van der Waals surface area contributed by atoms with Crippen molar-refractivity contribution < 1.29 is 4.79 Å². The summed E-state index contributed by atoms with van der Waals surface area (Å²) in [5.74, 6) is -0.0925. The Balaban J connectivity index is 1.54. The minimum absolute atomic E-state index is 0.0925. The molecule has 0 aliphatic rings. The second-order valence-corrected chi connectivity index (χ2v) is 7.13. The zero-order chi connectivity index (χ0) is 20.1. The summed E-state index contributed by atoms with van der Waals surface area (Å²) in [5, 5.41) is 7.41. The van der Waals surface area contributed by atoms with Crippen LogP contribution in [0.2, 0.25) is 0 Å². The Morgan fingerprint density at radius 2 is 1.59 bits per heavy atom. The molecule has 3 aromatic carbocycles. The van der Waals surface area contributed by atoms with Gasteiger partial charge in [-0.3, -0.25) is 9.48 Å². The molecule has 4 heteroatoms. The van der Waals surface area contributed by atoms with Crippen molar-refractivity contribution >= 4 is 5.91 Å². The van der Waals surface area contributed by atoms with E-state index in [1.165, 1.54) is 5.56 Å². The van der Waals surface area contributed by atoms with Gasteiger partial charge in [-0.25, -0.2) is 0 Å². The summed E-state index contributed by atoms with van der Waals surface area (Å²) in [6.07, 6.45) is 3.68. The first-order valence-corrected chi connectivity index (χ1v) is 9.68. The summed E-state index contributed by atoms with van der Waals surface area (Å²) in [6, 6.07) is 27.7. The highest BCUT2D eigenvalue weighted by Gasteiger charge is 2.17. The fourth-order valence-corrected chi connectivity index (χ4v) is 3.32. The molecule has 0 saturated carbocycles. The highest BCUT2D eigenvalue weighted by molar-refractivity contribution is 5.94. The molecule has 0 aliphatic heterocycles. The Hall–Kier alpha value is -3.66.